The topological polar surface area (TPSA) is 63.6 Å². The zero-order chi connectivity index (χ0) is 13.4. The number of aromatic amines is 1. The van der Waals surface area contributed by atoms with Crippen LogP contribution in [-0.4, -0.2) is 19.5 Å². The van der Waals surface area contributed by atoms with Gasteiger partial charge in [0.2, 0.25) is 0 Å². The highest BCUT2D eigenvalue weighted by molar-refractivity contribution is 7.17. The Kier molecular flexibility index (Phi) is 2.94. The van der Waals surface area contributed by atoms with E-state index in [-0.39, 0.29) is 5.56 Å². The van der Waals surface area contributed by atoms with Gasteiger partial charge in [-0.25, -0.2) is 9.97 Å². The minimum absolute atomic E-state index is 0.0683. The van der Waals surface area contributed by atoms with Crippen molar-refractivity contribution in [2.45, 2.75) is 26.3 Å². The van der Waals surface area contributed by atoms with E-state index >= 15 is 0 Å². The van der Waals surface area contributed by atoms with Crippen LogP contribution >= 0.6 is 11.3 Å². The van der Waals surface area contributed by atoms with Gasteiger partial charge in [-0.3, -0.25) is 4.79 Å². The van der Waals surface area contributed by atoms with Crippen molar-refractivity contribution >= 4 is 21.6 Å². The summed E-state index contributed by atoms with van der Waals surface area (Å²) in [5, 5.41) is 1.88. The Balaban J connectivity index is 2.01. The van der Waals surface area contributed by atoms with Crippen LogP contribution in [0.25, 0.3) is 10.2 Å². The standard InChI is InChI=1S/C13H14N4OS/c1-8(2)12-14-4-5-17(12)7-10-15-9-3-6-19-11(9)13(18)16-10/h3-6,8H,7H2,1-2H3,(H,15,16,18). The normalized spacial score (nSPS) is 11.5. The number of aromatic nitrogens is 4. The van der Waals surface area contributed by atoms with Crippen molar-refractivity contribution in [3.63, 3.8) is 0 Å². The van der Waals surface area contributed by atoms with Crippen LogP contribution in [0.3, 0.4) is 0 Å². The van der Waals surface area contributed by atoms with Crippen LogP contribution in [0.5, 0.6) is 0 Å². The first kappa shape index (κ1) is 12.1. The van der Waals surface area contributed by atoms with E-state index in [9.17, 15) is 4.79 Å². The lowest BCUT2D eigenvalue weighted by Gasteiger charge is -2.09. The number of nitrogens with zero attached hydrogens (tertiary/aromatic N) is 3. The van der Waals surface area contributed by atoms with Crippen LogP contribution in [0, 0.1) is 0 Å². The molecular formula is C13H14N4OS. The lowest BCUT2D eigenvalue weighted by Crippen LogP contribution is -2.14. The Hall–Kier alpha value is -1.95. The smallest absolute Gasteiger partial charge is 0.268 e. The number of rotatable bonds is 3. The molecule has 0 aliphatic heterocycles. The SMILES string of the molecule is CC(C)c1nccn1Cc1nc2ccsc2c(=O)[nH]1. The minimum atomic E-state index is -0.0683. The van der Waals surface area contributed by atoms with Crippen LogP contribution in [0.15, 0.2) is 28.6 Å². The minimum Gasteiger partial charge on any atom is -0.327 e. The summed E-state index contributed by atoms with van der Waals surface area (Å²) in [5.41, 5.74) is 0.691. The molecule has 0 aliphatic rings. The van der Waals surface area contributed by atoms with Crippen LogP contribution in [0.1, 0.15) is 31.4 Å². The molecule has 3 aromatic heterocycles. The zero-order valence-electron chi connectivity index (χ0n) is 10.8. The highest BCUT2D eigenvalue weighted by atomic mass is 32.1. The van der Waals surface area contributed by atoms with Gasteiger partial charge in [0.05, 0.1) is 12.1 Å². The highest BCUT2D eigenvalue weighted by Gasteiger charge is 2.10. The summed E-state index contributed by atoms with van der Waals surface area (Å²) in [6.07, 6.45) is 3.68. The van der Waals surface area contributed by atoms with Gasteiger partial charge in [-0.1, -0.05) is 13.8 Å². The number of imidazole rings is 1. The van der Waals surface area contributed by atoms with Gasteiger partial charge in [-0.2, -0.15) is 0 Å². The number of fused-ring (bicyclic) bond motifs is 1. The Labute approximate surface area is 114 Å². The van der Waals surface area contributed by atoms with Crippen LogP contribution in [0.4, 0.5) is 0 Å². The van der Waals surface area contributed by atoms with Crippen molar-refractivity contribution in [2.75, 3.05) is 0 Å². The molecule has 0 fully saturated rings. The fraction of sp³-hybridized carbons (Fsp3) is 0.308. The largest absolute Gasteiger partial charge is 0.327 e. The lowest BCUT2D eigenvalue weighted by molar-refractivity contribution is 0.650. The molecule has 98 valence electrons. The average Bonchev–Trinajstić information content (AvgIpc) is 2.97. The van der Waals surface area contributed by atoms with Crippen LogP contribution < -0.4 is 5.56 Å². The molecule has 0 saturated heterocycles. The van der Waals surface area contributed by atoms with E-state index in [1.807, 2.05) is 22.2 Å². The summed E-state index contributed by atoms with van der Waals surface area (Å²) in [5.74, 6) is 2.00. The molecule has 0 atom stereocenters. The molecule has 0 aliphatic carbocycles. The third kappa shape index (κ3) is 2.19. The molecule has 5 nitrogen and oxygen atoms in total. The lowest BCUT2D eigenvalue weighted by atomic mass is 10.2. The van der Waals surface area contributed by atoms with Gasteiger partial charge < -0.3 is 9.55 Å². The van der Waals surface area contributed by atoms with E-state index in [4.69, 9.17) is 0 Å². The van der Waals surface area contributed by atoms with Crippen molar-refractivity contribution in [3.05, 3.63) is 45.8 Å². The first-order valence-electron chi connectivity index (χ1n) is 6.12. The molecule has 0 unspecified atom stereocenters. The number of nitrogens with one attached hydrogen (secondary N) is 1. The second-order valence-electron chi connectivity index (χ2n) is 4.72. The van der Waals surface area contributed by atoms with Gasteiger partial charge in [0.15, 0.2) is 0 Å². The fourth-order valence-electron chi connectivity index (χ4n) is 2.11. The molecule has 6 heteroatoms. The Morgan fingerprint density at radius 3 is 3.11 bits per heavy atom. The molecule has 3 heterocycles. The molecule has 19 heavy (non-hydrogen) atoms. The first-order chi connectivity index (χ1) is 9.15. The number of thiophene rings is 1. The summed E-state index contributed by atoms with van der Waals surface area (Å²) in [6, 6.07) is 1.87. The molecule has 0 aromatic carbocycles. The Bertz CT molecular complexity index is 768. The van der Waals surface area contributed by atoms with Gasteiger partial charge in [-0.05, 0) is 11.4 Å². The maximum Gasteiger partial charge on any atom is 0.268 e. The monoisotopic (exact) mass is 274 g/mol. The number of H-pyrrole nitrogens is 1. The predicted molar refractivity (Wildman–Crippen MR) is 75.7 cm³/mol. The predicted octanol–water partition coefficient (Wildman–Crippen LogP) is 2.35. The summed E-state index contributed by atoms with van der Waals surface area (Å²) in [6.45, 7) is 4.72. The summed E-state index contributed by atoms with van der Waals surface area (Å²) in [4.78, 5) is 23.5. The maximum absolute atomic E-state index is 11.9. The van der Waals surface area contributed by atoms with Crippen molar-refractivity contribution in [1.82, 2.24) is 19.5 Å². The molecule has 0 spiro atoms. The third-order valence-corrected chi connectivity index (χ3v) is 3.85. The van der Waals surface area contributed by atoms with E-state index in [0.717, 1.165) is 11.3 Å². The second kappa shape index (κ2) is 4.62. The maximum atomic E-state index is 11.9. The first-order valence-corrected chi connectivity index (χ1v) is 7.00. The molecule has 0 saturated carbocycles. The van der Waals surface area contributed by atoms with E-state index < -0.39 is 0 Å². The van der Waals surface area contributed by atoms with Crippen LogP contribution in [-0.2, 0) is 6.54 Å². The van der Waals surface area contributed by atoms with E-state index in [2.05, 4.69) is 28.8 Å². The molecule has 0 amide bonds. The fourth-order valence-corrected chi connectivity index (χ4v) is 2.84. The van der Waals surface area contributed by atoms with Gasteiger partial charge in [0.25, 0.3) is 5.56 Å². The summed E-state index contributed by atoms with van der Waals surface area (Å²) >= 11 is 1.41. The quantitative estimate of drug-likeness (QED) is 0.797. The summed E-state index contributed by atoms with van der Waals surface area (Å²) in [7, 11) is 0. The molecule has 3 aromatic rings. The second-order valence-corrected chi connectivity index (χ2v) is 5.63. The van der Waals surface area contributed by atoms with E-state index in [1.165, 1.54) is 11.3 Å². The molecule has 3 rings (SSSR count). The van der Waals surface area contributed by atoms with Crippen molar-refractivity contribution < 1.29 is 0 Å². The zero-order valence-corrected chi connectivity index (χ0v) is 11.6. The molecule has 0 bridgehead atoms. The molecule has 1 N–H and O–H groups in total. The van der Waals surface area contributed by atoms with Crippen molar-refractivity contribution in [1.29, 1.82) is 0 Å². The summed E-state index contributed by atoms with van der Waals surface area (Å²) < 4.78 is 2.69. The molecular weight excluding hydrogens is 260 g/mol. The van der Waals surface area contributed by atoms with Gasteiger partial charge >= 0.3 is 0 Å². The molecule has 0 radical (unpaired) electrons. The average molecular weight is 274 g/mol. The van der Waals surface area contributed by atoms with Gasteiger partial charge in [0, 0.05) is 18.3 Å². The Morgan fingerprint density at radius 1 is 1.47 bits per heavy atom. The van der Waals surface area contributed by atoms with Crippen molar-refractivity contribution in [3.8, 4) is 0 Å². The number of hydrogen-bond donors (Lipinski definition) is 1. The van der Waals surface area contributed by atoms with Crippen LogP contribution in [0.2, 0.25) is 0 Å². The van der Waals surface area contributed by atoms with E-state index in [0.29, 0.717) is 23.0 Å². The van der Waals surface area contributed by atoms with Gasteiger partial charge in [0.1, 0.15) is 16.3 Å². The Morgan fingerprint density at radius 2 is 2.32 bits per heavy atom. The number of hydrogen-bond acceptors (Lipinski definition) is 4. The highest BCUT2D eigenvalue weighted by Crippen LogP contribution is 2.15. The van der Waals surface area contributed by atoms with Gasteiger partial charge in [-0.15, -0.1) is 11.3 Å². The van der Waals surface area contributed by atoms with Crippen molar-refractivity contribution in [2.24, 2.45) is 0 Å². The van der Waals surface area contributed by atoms with E-state index in [1.54, 1.807) is 6.20 Å². The third-order valence-electron chi connectivity index (χ3n) is 2.95.